The molecule has 6 nitrogen and oxygen atoms in total. The van der Waals surface area contributed by atoms with E-state index in [0.29, 0.717) is 25.8 Å². The summed E-state index contributed by atoms with van der Waals surface area (Å²) in [6, 6.07) is -0.352. The maximum Gasteiger partial charge on any atom is 0.245 e. The summed E-state index contributed by atoms with van der Waals surface area (Å²) in [6.07, 6.45) is 1.52. The van der Waals surface area contributed by atoms with Gasteiger partial charge in [0.05, 0.1) is 6.61 Å². The molecule has 0 bridgehead atoms. The maximum atomic E-state index is 13.8. The van der Waals surface area contributed by atoms with E-state index in [-0.39, 0.29) is 36.8 Å². The zero-order valence-electron chi connectivity index (χ0n) is 15.8. The fourth-order valence-electron chi connectivity index (χ4n) is 3.04. The Morgan fingerprint density at radius 2 is 2.04 bits per heavy atom. The maximum absolute atomic E-state index is 13.8. The molecule has 28 heavy (non-hydrogen) atoms. The smallest absolute Gasteiger partial charge is 0.245 e. The minimum atomic E-state index is -1.28. The number of unbranched alkanes of at least 4 members (excludes halogenated alkanes) is 1. The summed E-state index contributed by atoms with van der Waals surface area (Å²) in [5, 5.41) is 2.70. The highest BCUT2D eigenvalue weighted by Gasteiger charge is 2.33. The number of carbonyl (C=O) groups is 2. The van der Waals surface area contributed by atoms with Crippen LogP contribution in [0.5, 0.6) is 0 Å². The van der Waals surface area contributed by atoms with Crippen LogP contribution in [-0.2, 0) is 20.7 Å². The molecule has 2 amide bonds. The van der Waals surface area contributed by atoms with Crippen LogP contribution in [0.2, 0.25) is 0 Å². The van der Waals surface area contributed by atoms with E-state index >= 15 is 0 Å². The molecule has 3 N–H and O–H groups in total. The number of hydrogen-bond acceptors (Lipinski definition) is 4. The molecule has 0 saturated carbocycles. The van der Waals surface area contributed by atoms with Crippen molar-refractivity contribution in [3.63, 3.8) is 0 Å². The van der Waals surface area contributed by atoms with Gasteiger partial charge >= 0.3 is 0 Å². The molecule has 1 saturated heterocycles. The molecule has 1 heterocycles. The van der Waals surface area contributed by atoms with Crippen molar-refractivity contribution in [3.05, 3.63) is 35.1 Å². The van der Waals surface area contributed by atoms with E-state index in [2.05, 4.69) is 5.32 Å². The standard InChI is InChI=1S/C19H26F3N3O3/c1-2-3-6-28-11-17-19(27)24-4-5-25(17)18(26)9-13(23)7-12-8-15(21)16(22)10-14(12)20/h8,10,13,17H,2-7,9,11,23H2,1H3,(H,24,27). The van der Waals surface area contributed by atoms with Crippen LogP contribution in [0, 0.1) is 17.5 Å². The summed E-state index contributed by atoms with van der Waals surface area (Å²) in [4.78, 5) is 26.2. The van der Waals surface area contributed by atoms with E-state index in [9.17, 15) is 22.8 Å². The fourth-order valence-corrected chi connectivity index (χ4v) is 3.04. The molecule has 9 heteroatoms. The number of ether oxygens (including phenoxy) is 1. The summed E-state index contributed by atoms with van der Waals surface area (Å²) >= 11 is 0. The van der Waals surface area contributed by atoms with E-state index < -0.39 is 29.5 Å². The first-order chi connectivity index (χ1) is 13.3. The van der Waals surface area contributed by atoms with Crippen LogP contribution >= 0.6 is 0 Å². The van der Waals surface area contributed by atoms with E-state index in [1.54, 1.807) is 0 Å². The minimum Gasteiger partial charge on any atom is -0.379 e. The SMILES string of the molecule is CCCCOCC1C(=O)NCCN1C(=O)CC(N)Cc1cc(F)c(F)cc1F. The molecule has 0 radical (unpaired) electrons. The van der Waals surface area contributed by atoms with Gasteiger partial charge in [0.25, 0.3) is 0 Å². The third-order valence-electron chi connectivity index (χ3n) is 4.58. The topological polar surface area (TPSA) is 84.7 Å². The van der Waals surface area contributed by atoms with Gasteiger partial charge in [-0.25, -0.2) is 13.2 Å². The number of hydrogen-bond donors (Lipinski definition) is 2. The van der Waals surface area contributed by atoms with Crippen molar-refractivity contribution in [2.24, 2.45) is 5.73 Å². The monoisotopic (exact) mass is 401 g/mol. The third-order valence-corrected chi connectivity index (χ3v) is 4.58. The first-order valence-electron chi connectivity index (χ1n) is 9.37. The van der Waals surface area contributed by atoms with Crippen molar-refractivity contribution in [2.75, 3.05) is 26.3 Å². The molecule has 2 rings (SSSR count). The highest BCUT2D eigenvalue weighted by molar-refractivity contribution is 5.89. The van der Waals surface area contributed by atoms with Crippen LogP contribution in [0.25, 0.3) is 0 Å². The lowest BCUT2D eigenvalue weighted by molar-refractivity contribution is -0.146. The van der Waals surface area contributed by atoms with Crippen molar-refractivity contribution >= 4 is 11.8 Å². The number of carbonyl (C=O) groups excluding carboxylic acids is 2. The number of benzene rings is 1. The zero-order chi connectivity index (χ0) is 20.7. The van der Waals surface area contributed by atoms with Gasteiger partial charge in [-0.05, 0) is 24.5 Å². The van der Waals surface area contributed by atoms with Gasteiger partial charge in [0.15, 0.2) is 11.6 Å². The van der Waals surface area contributed by atoms with Gasteiger partial charge in [-0.3, -0.25) is 9.59 Å². The van der Waals surface area contributed by atoms with Crippen LogP contribution in [0.1, 0.15) is 31.7 Å². The molecule has 1 aliphatic rings. The fraction of sp³-hybridized carbons (Fsp3) is 0.579. The van der Waals surface area contributed by atoms with Crippen molar-refractivity contribution in [1.29, 1.82) is 0 Å². The highest BCUT2D eigenvalue weighted by atomic mass is 19.2. The van der Waals surface area contributed by atoms with Crippen molar-refractivity contribution in [1.82, 2.24) is 10.2 Å². The van der Waals surface area contributed by atoms with Crippen LogP contribution in [-0.4, -0.2) is 55.1 Å². The van der Waals surface area contributed by atoms with Crippen LogP contribution in [0.4, 0.5) is 13.2 Å². The third kappa shape index (κ3) is 5.93. The lowest BCUT2D eigenvalue weighted by atomic mass is 10.0. The molecule has 2 atom stereocenters. The molecule has 1 fully saturated rings. The van der Waals surface area contributed by atoms with Crippen LogP contribution < -0.4 is 11.1 Å². The Morgan fingerprint density at radius 3 is 2.75 bits per heavy atom. The Balaban J connectivity index is 1.96. The normalized spacial score (nSPS) is 18.1. The van der Waals surface area contributed by atoms with Gasteiger partial charge in [0, 0.05) is 38.2 Å². The first-order valence-corrected chi connectivity index (χ1v) is 9.37. The molecule has 0 spiro atoms. The second-order valence-electron chi connectivity index (χ2n) is 6.85. The molecule has 0 aliphatic carbocycles. The Morgan fingerprint density at radius 1 is 1.32 bits per heavy atom. The van der Waals surface area contributed by atoms with Crippen molar-refractivity contribution in [2.45, 2.75) is 44.7 Å². The first kappa shape index (κ1) is 22.2. The van der Waals surface area contributed by atoms with Gasteiger partial charge in [-0.2, -0.15) is 0 Å². The van der Waals surface area contributed by atoms with E-state index in [0.717, 1.165) is 18.9 Å². The average Bonchev–Trinajstić information content (AvgIpc) is 2.64. The Bertz CT molecular complexity index is 702. The number of halogens is 3. The summed E-state index contributed by atoms with van der Waals surface area (Å²) in [5.41, 5.74) is 5.83. The van der Waals surface area contributed by atoms with Crippen molar-refractivity contribution < 1.29 is 27.5 Å². The lowest BCUT2D eigenvalue weighted by Crippen LogP contribution is -2.59. The average molecular weight is 401 g/mol. The number of nitrogens with zero attached hydrogens (tertiary/aromatic N) is 1. The Hall–Kier alpha value is -2.13. The number of amides is 2. The van der Waals surface area contributed by atoms with Gasteiger partial charge in [-0.15, -0.1) is 0 Å². The number of rotatable bonds is 9. The number of piperazine rings is 1. The Labute approximate surface area is 162 Å². The zero-order valence-corrected chi connectivity index (χ0v) is 15.8. The number of nitrogens with one attached hydrogen (secondary N) is 1. The van der Waals surface area contributed by atoms with E-state index in [1.165, 1.54) is 4.90 Å². The molecule has 1 aliphatic heterocycles. The summed E-state index contributed by atoms with van der Waals surface area (Å²) < 4.78 is 45.6. The molecule has 1 aromatic carbocycles. The molecular formula is C19H26F3N3O3. The molecule has 156 valence electrons. The highest BCUT2D eigenvalue weighted by Crippen LogP contribution is 2.17. The molecule has 2 unspecified atom stereocenters. The minimum absolute atomic E-state index is 0.0879. The largest absolute Gasteiger partial charge is 0.379 e. The predicted molar refractivity (Wildman–Crippen MR) is 96.9 cm³/mol. The quantitative estimate of drug-likeness (QED) is 0.485. The Kier molecular flexibility index (Phi) is 8.25. The van der Waals surface area contributed by atoms with Gasteiger partial charge in [0.2, 0.25) is 11.8 Å². The summed E-state index contributed by atoms with van der Waals surface area (Å²) in [6.45, 7) is 3.24. The second kappa shape index (κ2) is 10.4. The van der Waals surface area contributed by atoms with E-state index in [4.69, 9.17) is 10.5 Å². The number of nitrogens with two attached hydrogens (primary N) is 1. The van der Waals surface area contributed by atoms with Gasteiger partial charge in [-0.1, -0.05) is 13.3 Å². The summed E-state index contributed by atoms with van der Waals surface area (Å²) in [7, 11) is 0. The second-order valence-corrected chi connectivity index (χ2v) is 6.85. The van der Waals surface area contributed by atoms with E-state index in [1.807, 2.05) is 6.92 Å². The summed E-state index contributed by atoms with van der Waals surface area (Å²) in [5.74, 6) is -4.03. The van der Waals surface area contributed by atoms with Crippen molar-refractivity contribution in [3.8, 4) is 0 Å². The lowest BCUT2D eigenvalue weighted by Gasteiger charge is -2.35. The van der Waals surface area contributed by atoms with Gasteiger partial charge < -0.3 is 20.7 Å². The molecular weight excluding hydrogens is 375 g/mol. The molecule has 1 aromatic rings. The van der Waals surface area contributed by atoms with Crippen LogP contribution in [0.15, 0.2) is 12.1 Å². The van der Waals surface area contributed by atoms with Gasteiger partial charge in [0.1, 0.15) is 11.9 Å². The predicted octanol–water partition coefficient (Wildman–Crippen LogP) is 1.51. The molecule has 0 aromatic heterocycles. The van der Waals surface area contributed by atoms with Crippen LogP contribution in [0.3, 0.4) is 0 Å².